The molecule has 1 fully saturated rings. The Balaban J connectivity index is 1.55. The van der Waals surface area contributed by atoms with Crippen molar-refractivity contribution in [1.82, 2.24) is 9.78 Å². The third-order valence-corrected chi connectivity index (χ3v) is 6.43. The molecule has 174 valence electrons. The highest BCUT2D eigenvalue weighted by Crippen LogP contribution is 2.37. The van der Waals surface area contributed by atoms with Gasteiger partial charge in [0.2, 0.25) is 0 Å². The third kappa shape index (κ3) is 5.47. The topological polar surface area (TPSA) is 64.4 Å². The number of nitrogens with zero attached hydrogens (tertiary/aromatic N) is 2. The molecular formula is C26H28F2N2O3. The summed E-state index contributed by atoms with van der Waals surface area (Å²) in [4.78, 5) is 10.6. The first-order valence-corrected chi connectivity index (χ1v) is 11.3. The Morgan fingerprint density at radius 2 is 1.79 bits per heavy atom. The van der Waals surface area contributed by atoms with E-state index < -0.39 is 17.6 Å². The van der Waals surface area contributed by atoms with Gasteiger partial charge in [-0.3, -0.25) is 4.68 Å². The van der Waals surface area contributed by atoms with Crippen LogP contribution in [0.15, 0.2) is 48.5 Å². The predicted octanol–water partition coefficient (Wildman–Crippen LogP) is 5.71. The molecule has 0 amide bonds. The SMILES string of the molecule is Cc1c(-c2ccc(F)cc2F)c(-c2ccccc2)nn1C[C@H]1CC[C@H](COCC(=O)O)CC1. The van der Waals surface area contributed by atoms with Gasteiger partial charge in [0, 0.05) is 35.0 Å². The maximum absolute atomic E-state index is 14.7. The van der Waals surface area contributed by atoms with E-state index in [0.29, 0.717) is 35.3 Å². The molecule has 0 unspecified atom stereocenters. The van der Waals surface area contributed by atoms with E-state index in [1.54, 1.807) is 0 Å². The van der Waals surface area contributed by atoms with Crippen LogP contribution >= 0.6 is 0 Å². The maximum Gasteiger partial charge on any atom is 0.329 e. The molecule has 1 aliphatic carbocycles. The molecule has 0 radical (unpaired) electrons. The van der Waals surface area contributed by atoms with Crippen LogP contribution in [0.3, 0.4) is 0 Å². The van der Waals surface area contributed by atoms with Crippen molar-refractivity contribution >= 4 is 5.97 Å². The van der Waals surface area contributed by atoms with Gasteiger partial charge in [-0.15, -0.1) is 0 Å². The summed E-state index contributed by atoms with van der Waals surface area (Å²) >= 11 is 0. The van der Waals surface area contributed by atoms with Gasteiger partial charge in [-0.1, -0.05) is 30.3 Å². The van der Waals surface area contributed by atoms with Gasteiger partial charge in [0.1, 0.15) is 23.9 Å². The third-order valence-electron chi connectivity index (χ3n) is 6.43. The number of aliphatic carboxylic acids is 1. The van der Waals surface area contributed by atoms with Crippen LogP contribution in [0.5, 0.6) is 0 Å². The molecule has 0 saturated heterocycles. The van der Waals surface area contributed by atoms with Crippen LogP contribution in [0.1, 0.15) is 31.4 Å². The molecule has 0 spiro atoms. The zero-order valence-corrected chi connectivity index (χ0v) is 18.6. The van der Waals surface area contributed by atoms with Gasteiger partial charge in [0.05, 0.1) is 6.61 Å². The highest BCUT2D eigenvalue weighted by molar-refractivity contribution is 5.83. The van der Waals surface area contributed by atoms with E-state index in [9.17, 15) is 13.6 Å². The molecule has 5 nitrogen and oxygen atoms in total. The average Bonchev–Trinajstić information content (AvgIpc) is 3.11. The fourth-order valence-corrected chi connectivity index (χ4v) is 4.67. The van der Waals surface area contributed by atoms with Crippen molar-refractivity contribution in [1.29, 1.82) is 0 Å². The van der Waals surface area contributed by atoms with E-state index in [-0.39, 0.29) is 6.61 Å². The number of carboxylic acids is 1. The lowest BCUT2D eigenvalue weighted by Crippen LogP contribution is -2.23. The van der Waals surface area contributed by atoms with Gasteiger partial charge in [-0.2, -0.15) is 5.10 Å². The Kier molecular flexibility index (Phi) is 7.18. The molecule has 0 atom stereocenters. The summed E-state index contributed by atoms with van der Waals surface area (Å²) in [5.41, 5.74) is 3.46. The molecule has 3 aromatic rings. The summed E-state index contributed by atoms with van der Waals surface area (Å²) in [5, 5.41) is 13.6. The number of hydrogen-bond donors (Lipinski definition) is 1. The summed E-state index contributed by atoms with van der Waals surface area (Å²) in [5.74, 6) is -1.35. The van der Waals surface area contributed by atoms with Crippen molar-refractivity contribution in [3.8, 4) is 22.4 Å². The number of carbonyl (C=O) groups is 1. The first-order chi connectivity index (χ1) is 15.9. The number of ether oxygens (including phenoxy) is 1. The summed E-state index contributed by atoms with van der Waals surface area (Å²) < 4.78 is 35.5. The minimum absolute atomic E-state index is 0.253. The van der Waals surface area contributed by atoms with E-state index >= 15 is 0 Å². The fraction of sp³-hybridized carbons (Fsp3) is 0.385. The smallest absolute Gasteiger partial charge is 0.329 e. The van der Waals surface area contributed by atoms with Gasteiger partial charge in [-0.25, -0.2) is 13.6 Å². The van der Waals surface area contributed by atoms with Crippen LogP contribution in [0.25, 0.3) is 22.4 Å². The van der Waals surface area contributed by atoms with Crippen molar-refractivity contribution < 1.29 is 23.4 Å². The summed E-state index contributed by atoms with van der Waals surface area (Å²) in [6.45, 7) is 2.88. The van der Waals surface area contributed by atoms with E-state index in [1.165, 1.54) is 12.1 Å². The second-order valence-corrected chi connectivity index (χ2v) is 8.78. The number of aromatic nitrogens is 2. The van der Waals surface area contributed by atoms with Crippen LogP contribution in [0.2, 0.25) is 0 Å². The van der Waals surface area contributed by atoms with Gasteiger partial charge < -0.3 is 9.84 Å². The number of carboxylic acid groups (broad SMARTS) is 1. The lowest BCUT2D eigenvalue weighted by Gasteiger charge is -2.28. The lowest BCUT2D eigenvalue weighted by molar-refractivity contribution is -0.142. The molecule has 1 heterocycles. The van der Waals surface area contributed by atoms with E-state index in [4.69, 9.17) is 14.9 Å². The zero-order chi connectivity index (χ0) is 23.4. The van der Waals surface area contributed by atoms with Gasteiger partial charge in [0.25, 0.3) is 0 Å². The number of hydrogen-bond acceptors (Lipinski definition) is 3. The van der Waals surface area contributed by atoms with Gasteiger partial charge in [-0.05, 0) is 56.6 Å². The van der Waals surface area contributed by atoms with Crippen molar-refractivity contribution in [2.24, 2.45) is 11.8 Å². The molecule has 1 saturated carbocycles. The minimum Gasteiger partial charge on any atom is -0.480 e. The van der Waals surface area contributed by atoms with Crippen LogP contribution in [-0.4, -0.2) is 34.1 Å². The Labute approximate surface area is 192 Å². The molecule has 33 heavy (non-hydrogen) atoms. The van der Waals surface area contributed by atoms with Crippen LogP contribution < -0.4 is 0 Å². The quantitative estimate of drug-likeness (QED) is 0.473. The molecule has 4 rings (SSSR count). The molecular weight excluding hydrogens is 426 g/mol. The fourth-order valence-electron chi connectivity index (χ4n) is 4.67. The Bertz CT molecular complexity index is 1110. The van der Waals surface area contributed by atoms with Crippen molar-refractivity contribution in [3.63, 3.8) is 0 Å². The van der Waals surface area contributed by atoms with Crippen molar-refractivity contribution in [3.05, 3.63) is 65.9 Å². The molecule has 1 N–H and O–H groups in total. The van der Waals surface area contributed by atoms with Crippen LogP contribution in [0, 0.1) is 30.4 Å². The number of benzene rings is 2. The minimum atomic E-state index is -0.944. The highest BCUT2D eigenvalue weighted by atomic mass is 19.1. The predicted molar refractivity (Wildman–Crippen MR) is 122 cm³/mol. The van der Waals surface area contributed by atoms with Crippen molar-refractivity contribution in [2.45, 2.75) is 39.2 Å². The average molecular weight is 455 g/mol. The van der Waals surface area contributed by atoms with Crippen molar-refractivity contribution in [2.75, 3.05) is 13.2 Å². The van der Waals surface area contributed by atoms with E-state index in [2.05, 4.69) is 0 Å². The molecule has 7 heteroatoms. The molecule has 0 aliphatic heterocycles. The monoisotopic (exact) mass is 454 g/mol. The summed E-state index contributed by atoms with van der Waals surface area (Å²) in [7, 11) is 0. The standard InChI is InChI=1S/C26H28F2N2O3/c1-17-25(22-12-11-21(27)13-23(22)28)26(20-5-3-2-4-6-20)29-30(17)14-18-7-9-19(10-8-18)15-33-16-24(31)32/h2-6,11-13,18-19H,7-10,14-16H2,1H3,(H,31,32)/t18-,19-. The zero-order valence-electron chi connectivity index (χ0n) is 18.6. The summed E-state index contributed by atoms with van der Waals surface area (Å²) in [6.07, 6.45) is 3.97. The molecule has 1 aromatic heterocycles. The summed E-state index contributed by atoms with van der Waals surface area (Å²) in [6, 6.07) is 13.3. The van der Waals surface area contributed by atoms with Gasteiger partial charge in [0.15, 0.2) is 0 Å². The lowest BCUT2D eigenvalue weighted by atomic mass is 9.82. The van der Waals surface area contributed by atoms with Crippen LogP contribution in [0.4, 0.5) is 8.78 Å². The number of halogens is 2. The Morgan fingerprint density at radius 3 is 2.45 bits per heavy atom. The second-order valence-electron chi connectivity index (χ2n) is 8.78. The largest absolute Gasteiger partial charge is 0.480 e. The highest BCUT2D eigenvalue weighted by Gasteiger charge is 2.25. The maximum atomic E-state index is 14.7. The van der Waals surface area contributed by atoms with Gasteiger partial charge >= 0.3 is 5.97 Å². The van der Waals surface area contributed by atoms with E-state index in [1.807, 2.05) is 41.9 Å². The normalized spacial score (nSPS) is 18.4. The Hall–Kier alpha value is -3.06. The first kappa shape index (κ1) is 23.1. The molecule has 0 bridgehead atoms. The molecule has 1 aliphatic rings. The molecule has 2 aromatic carbocycles. The number of rotatable bonds is 8. The van der Waals surface area contributed by atoms with Crippen LogP contribution in [-0.2, 0) is 16.1 Å². The Morgan fingerprint density at radius 1 is 1.09 bits per heavy atom. The van der Waals surface area contributed by atoms with E-state index in [0.717, 1.165) is 49.6 Å². The second kappa shape index (κ2) is 10.3. The first-order valence-electron chi connectivity index (χ1n) is 11.3.